The average molecular weight is 293 g/mol. The first-order valence-corrected chi connectivity index (χ1v) is 8.14. The Hall–Kier alpha value is -2.09. The van der Waals surface area contributed by atoms with Crippen LogP contribution in [0.2, 0.25) is 0 Å². The monoisotopic (exact) mass is 293 g/mol. The zero-order valence-electron chi connectivity index (χ0n) is 13.2. The van der Waals surface area contributed by atoms with Crippen LogP contribution in [-0.2, 0) is 30.6 Å². The molecule has 0 spiro atoms. The molecule has 0 atom stereocenters. The van der Waals surface area contributed by atoms with Gasteiger partial charge in [-0.15, -0.1) is 0 Å². The van der Waals surface area contributed by atoms with Gasteiger partial charge in [0.05, 0.1) is 6.42 Å². The Bertz CT molecular complexity index is 675. The van der Waals surface area contributed by atoms with Gasteiger partial charge in [0.2, 0.25) is 5.91 Å². The molecule has 2 aromatic carbocycles. The Morgan fingerprint density at radius 3 is 2.64 bits per heavy atom. The van der Waals surface area contributed by atoms with E-state index in [-0.39, 0.29) is 5.91 Å². The van der Waals surface area contributed by atoms with Crippen molar-refractivity contribution in [1.82, 2.24) is 5.32 Å². The number of rotatable bonds is 4. The van der Waals surface area contributed by atoms with Gasteiger partial charge in [0.1, 0.15) is 0 Å². The SMILES string of the molecule is Cc1ccccc1CNC(=O)Cc1ccc2c(c1)CCCC2. The molecule has 0 aromatic heterocycles. The molecule has 22 heavy (non-hydrogen) atoms. The lowest BCUT2D eigenvalue weighted by atomic mass is 9.90. The van der Waals surface area contributed by atoms with Gasteiger partial charge in [-0.2, -0.15) is 0 Å². The highest BCUT2D eigenvalue weighted by Crippen LogP contribution is 2.22. The largest absolute Gasteiger partial charge is 0.352 e. The molecule has 1 N–H and O–H groups in total. The third-order valence-electron chi connectivity index (χ3n) is 4.51. The number of carbonyl (C=O) groups is 1. The number of hydrogen-bond donors (Lipinski definition) is 1. The van der Waals surface area contributed by atoms with E-state index < -0.39 is 0 Å². The Morgan fingerprint density at radius 2 is 1.82 bits per heavy atom. The molecule has 114 valence electrons. The van der Waals surface area contributed by atoms with Crippen molar-refractivity contribution in [1.29, 1.82) is 0 Å². The van der Waals surface area contributed by atoms with E-state index in [1.165, 1.54) is 41.5 Å². The molecule has 2 aromatic rings. The molecule has 0 heterocycles. The number of aryl methyl sites for hydroxylation is 3. The van der Waals surface area contributed by atoms with Crippen LogP contribution in [0.25, 0.3) is 0 Å². The third-order valence-corrected chi connectivity index (χ3v) is 4.51. The molecular weight excluding hydrogens is 270 g/mol. The summed E-state index contributed by atoms with van der Waals surface area (Å²) in [6.07, 6.45) is 5.39. The summed E-state index contributed by atoms with van der Waals surface area (Å²) in [5.41, 5.74) is 6.44. The zero-order chi connectivity index (χ0) is 15.4. The highest BCUT2D eigenvalue weighted by Gasteiger charge is 2.11. The fourth-order valence-corrected chi connectivity index (χ4v) is 3.15. The van der Waals surface area contributed by atoms with E-state index >= 15 is 0 Å². The predicted octanol–water partition coefficient (Wildman–Crippen LogP) is 3.73. The molecule has 0 saturated heterocycles. The predicted molar refractivity (Wildman–Crippen MR) is 89.8 cm³/mol. The Balaban J connectivity index is 1.59. The fourth-order valence-electron chi connectivity index (χ4n) is 3.15. The third kappa shape index (κ3) is 3.56. The molecule has 2 heteroatoms. The lowest BCUT2D eigenvalue weighted by Crippen LogP contribution is -2.25. The van der Waals surface area contributed by atoms with E-state index in [0.717, 1.165) is 12.0 Å². The van der Waals surface area contributed by atoms with Gasteiger partial charge in [-0.05, 0) is 60.4 Å². The molecule has 0 unspecified atom stereocenters. The maximum Gasteiger partial charge on any atom is 0.224 e. The standard InChI is InChI=1S/C20H23NO/c1-15-6-2-3-9-19(15)14-21-20(22)13-16-10-11-17-7-4-5-8-18(17)12-16/h2-3,6,9-12H,4-5,7-8,13-14H2,1H3,(H,21,22). The highest BCUT2D eigenvalue weighted by atomic mass is 16.1. The van der Waals surface area contributed by atoms with Crippen molar-refractivity contribution in [3.8, 4) is 0 Å². The minimum atomic E-state index is 0.0963. The van der Waals surface area contributed by atoms with Crippen LogP contribution in [0.15, 0.2) is 42.5 Å². The summed E-state index contributed by atoms with van der Waals surface area (Å²) >= 11 is 0. The van der Waals surface area contributed by atoms with E-state index in [0.29, 0.717) is 13.0 Å². The second-order valence-corrected chi connectivity index (χ2v) is 6.19. The molecule has 0 aliphatic heterocycles. The van der Waals surface area contributed by atoms with E-state index in [1.807, 2.05) is 12.1 Å². The summed E-state index contributed by atoms with van der Waals surface area (Å²) in [5.74, 6) is 0.0963. The van der Waals surface area contributed by atoms with Crippen LogP contribution in [0.4, 0.5) is 0 Å². The van der Waals surface area contributed by atoms with Gasteiger partial charge < -0.3 is 5.32 Å². The number of amides is 1. The van der Waals surface area contributed by atoms with Crippen LogP contribution in [-0.4, -0.2) is 5.91 Å². The number of benzene rings is 2. The van der Waals surface area contributed by atoms with Gasteiger partial charge in [0.15, 0.2) is 0 Å². The highest BCUT2D eigenvalue weighted by molar-refractivity contribution is 5.78. The smallest absolute Gasteiger partial charge is 0.224 e. The summed E-state index contributed by atoms with van der Waals surface area (Å²) in [4.78, 5) is 12.2. The Labute approximate surface area is 132 Å². The van der Waals surface area contributed by atoms with Crippen molar-refractivity contribution in [3.63, 3.8) is 0 Å². The Kier molecular flexibility index (Phi) is 4.57. The molecule has 1 aliphatic rings. The van der Waals surface area contributed by atoms with Gasteiger partial charge >= 0.3 is 0 Å². The second kappa shape index (κ2) is 6.78. The van der Waals surface area contributed by atoms with E-state index in [1.54, 1.807) is 0 Å². The summed E-state index contributed by atoms with van der Waals surface area (Å²) in [6.45, 7) is 2.68. The zero-order valence-corrected chi connectivity index (χ0v) is 13.2. The van der Waals surface area contributed by atoms with Crippen LogP contribution < -0.4 is 5.32 Å². The van der Waals surface area contributed by atoms with Gasteiger partial charge in [-0.25, -0.2) is 0 Å². The molecule has 0 fully saturated rings. The number of hydrogen-bond acceptors (Lipinski definition) is 1. The number of nitrogens with one attached hydrogen (secondary N) is 1. The normalized spacial score (nSPS) is 13.5. The summed E-state index contributed by atoms with van der Waals surface area (Å²) in [5, 5.41) is 3.03. The first-order chi connectivity index (χ1) is 10.7. The Morgan fingerprint density at radius 1 is 1.05 bits per heavy atom. The molecule has 1 amide bonds. The number of fused-ring (bicyclic) bond motifs is 1. The first kappa shape index (κ1) is 14.8. The second-order valence-electron chi connectivity index (χ2n) is 6.19. The average Bonchev–Trinajstić information content (AvgIpc) is 2.54. The van der Waals surface area contributed by atoms with Crippen LogP contribution in [0.1, 0.15) is 40.7 Å². The van der Waals surface area contributed by atoms with Crippen molar-refractivity contribution in [2.45, 2.75) is 45.6 Å². The number of carbonyl (C=O) groups excluding carboxylic acids is 1. The molecule has 2 nitrogen and oxygen atoms in total. The van der Waals surface area contributed by atoms with Crippen molar-refractivity contribution in [2.75, 3.05) is 0 Å². The van der Waals surface area contributed by atoms with Gasteiger partial charge in [-0.3, -0.25) is 4.79 Å². The molecule has 0 bridgehead atoms. The summed E-state index contributed by atoms with van der Waals surface area (Å²) in [7, 11) is 0. The van der Waals surface area contributed by atoms with E-state index in [9.17, 15) is 4.79 Å². The molecule has 0 saturated carbocycles. The van der Waals surface area contributed by atoms with Crippen molar-refractivity contribution >= 4 is 5.91 Å². The van der Waals surface area contributed by atoms with Gasteiger partial charge in [0.25, 0.3) is 0 Å². The minimum absolute atomic E-state index is 0.0963. The minimum Gasteiger partial charge on any atom is -0.352 e. The summed E-state index contributed by atoms with van der Waals surface area (Å²) < 4.78 is 0. The quantitative estimate of drug-likeness (QED) is 0.914. The summed E-state index contributed by atoms with van der Waals surface area (Å²) in [6, 6.07) is 14.7. The lowest BCUT2D eigenvalue weighted by molar-refractivity contribution is -0.120. The molecular formula is C20H23NO. The maximum atomic E-state index is 12.2. The van der Waals surface area contributed by atoms with Gasteiger partial charge in [0, 0.05) is 6.54 Å². The van der Waals surface area contributed by atoms with Crippen LogP contribution in [0, 0.1) is 6.92 Å². The molecule has 3 rings (SSSR count). The maximum absolute atomic E-state index is 12.2. The topological polar surface area (TPSA) is 29.1 Å². The van der Waals surface area contributed by atoms with Crippen LogP contribution in [0.5, 0.6) is 0 Å². The van der Waals surface area contributed by atoms with E-state index in [4.69, 9.17) is 0 Å². The molecule has 0 radical (unpaired) electrons. The van der Waals surface area contributed by atoms with Crippen molar-refractivity contribution in [2.24, 2.45) is 0 Å². The lowest BCUT2D eigenvalue weighted by Gasteiger charge is -2.16. The fraction of sp³-hybridized carbons (Fsp3) is 0.350. The van der Waals surface area contributed by atoms with Crippen LogP contribution in [0.3, 0.4) is 0 Å². The van der Waals surface area contributed by atoms with Crippen molar-refractivity contribution < 1.29 is 4.79 Å². The first-order valence-electron chi connectivity index (χ1n) is 8.14. The van der Waals surface area contributed by atoms with Gasteiger partial charge in [-0.1, -0.05) is 42.5 Å². The van der Waals surface area contributed by atoms with Crippen molar-refractivity contribution in [3.05, 3.63) is 70.3 Å². The molecule has 1 aliphatic carbocycles. The van der Waals surface area contributed by atoms with E-state index in [2.05, 4.69) is 42.6 Å². The van der Waals surface area contributed by atoms with Crippen LogP contribution >= 0.6 is 0 Å².